The first-order chi connectivity index (χ1) is 5.18. The highest BCUT2D eigenvalue weighted by molar-refractivity contribution is 6.38. The van der Waals surface area contributed by atoms with Gasteiger partial charge in [0.25, 0.3) is 0 Å². The van der Waals surface area contributed by atoms with Gasteiger partial charge in [-0.25, -0.2) is 0 Å². The lowest BCUT2D eigenvalue weighted by Gasteiger charge is -1.99. The summed E-state index contributed by atoms with van der Waals surface area (Å²) in [6.07, 6.45) is 2.23. The first kappa shape index (κ1) is 9.94. The molecule has 0 aliphatic rings. The van der Waals surface area contributed by atoms with E-state index in [4.69, 9.17) is 11.1 Å². The third-order valence-corrected chi connectivity index (χ3v) is 1.28. The van der Waals surface area contributed by atoms with Crippen molar-refractivity contribution in [2.75, 3.05) is 6.54 Å². The maximum Gasteiger partial charge on any atom is 0.139 e. The summed E-state index contributed by atoms with van der Waals surface area (Å²) in [5.41, 5.74) is 8.54. The van der Waals surface area contributed by atoms with Gasteiger partial charge in [0.1, 0.15) is 5.84 Å². The Morgan fingerprint density at radius 2 is 2.27 bits per heavy atom. The molecular weight excluding hydrogens is 140 g/mol. The van der Waals surface area contributed by atoms with Crippen LogP contribution in [0, 0.1) is 5.41 Å². The zero-order valence-electron chi connectivity index (χ0n) is 7.15. The molecule has 4 nitrogen and oxygen atoms in total. The number of nitrogens with two attached hydrogens (primary N) is 1. The Bertz CT molecular complexity index is 151. The van der Waals surface area contributed by atoms with Gasteiger partial charge < -0.3 is 11.2 Å². The number of nitrogens with one attached hydrogen (secondary N) is 2. The molecule has 0 aromatic rings. The molecule has 0 unspecified atom stereocenters. The van der Waals surface area contributed by atoms with Crippen LogP contribution >= 0.6 is 0 Å². The maximum absolute atomic E-state index is 6.99. The Morgan fingerprint density at radius 1 is 1.64 bits per heavy atom. The van der Waals surface area contributed by atoms with E-state index < -0.39 is 0 Å². The van der Waals surface area contributed by atoms with Gasteiger partial charge in [0, 0.05) is 6.54 Å². The minimum atomic E-state index is 0.0222. The van der Waals surface area contributed by atoms with E-state index in [9.17, 15) is 0 Å². The molecule has 64 valence electrons. The lowest BCUT2D eigenvalue weighted by molar-refractivity contribution is 0.672. The molecule has 0 fully saturated rings. The van der Waals surface area contributed by atoms with E-state index in [2.05, 4.69) is 17.5 Å². The Hall–Kier alpha value is -1.06. The fraction of sp³-hybridized carbons (Fsp3) is 0.714. The van der Waals surface area contributed by atoms with E-state index in [1.807, 2.05) is 0 Å². The summed E-state index contributed by atoms with van der Waals surface area (Å²) in [5.74, 6) is 0.0222. The van der Waals surface area contributed by atoms with Crippen molar-refractivity contribution in [2.45, 2.75) is 26.7 Å². The summed E-state index contributed by atoms with van der Waals surface area (Å²) in [7, 11) is 0. The minimum absolute atomic E-state index is 0.0222. The monoisotopic (exact) mass is 156 g/mol. The molecule has 0 rings (SSSR count). The number of nitrogens with zero attached hydrogens (tertiary/aromatic N) is 1. The van der Waals surface area contributed by atoms with Crippen LogP contribution in [0.3, 0.4) is 0 Å². The highest BCUT2D eigenvalue weighted by Crippen LogP contribution is 1.82. The molecule has 11 heavy (non-hydrogen) atoms. The average Bonchev–Trinajstić information content (AvgIpc) is 1.97. The highest BCUT2D eigenvalue weighted by atomic mass is 15.3. The lowest BCUT2D eigenvalue weighted by atomic mass is 10.3. The van der Waals surface area contributed by atoms with E-state index in [0.717, 1.165) is 19.4 Å². The molecule has 0 aromatic heterocycles. The fourth-order valence-electron chi connectivity index (χ4n) is 0.491. The van der Waals surface area contributed by atoms with E-state index >= 15 is 0 Å². The summed E-state index contributed by atoms with van der Waals surface area (Å²) in [5, 5.41) is 10.9. The summed E-state index contributed by atoms with van der Waals surface area (Å²) in [6, 6.07) is 0. The molecule has 0 saturated heterocycles. The van der Waals surface area contributed by atoms with Gasteiger partial charge in [0.05, 0.1) is 5.71 Å². The van der Waals surface area contributed by atoms with Gasteiger partial charge in [0.15, 0.2) is 0 Å². The average molecular weight is 156 g/mol. The number of unbranched alkanes of at least 4 members (excludes halogenated alkanes) is 1. The normalized spacial score (nSPS) is 11.3. The molecule has 4 N–H and O–H groups in total. The van der Waals surface area contributed by atoms with Crippen LogP contribution in [-0.2, 0) is 0 Å². The number of hydrogen-bond acceptors (Lipinski definition) is 3. The van der Waals surface area contributed by atoms with Crippen molar-refractivity contribution in [1.82, 2.24) is 5.43 Å². The van der Waals surface area contributed by atoms with Gasteiger partial charge in [-0.3, -0.25) is 5.41 Å². The van der Waals surface area contributed by atoms with Crippen molar-refractivity contribution < 1.29 is 0 Å². The predicted molar refractivity (Wildman–Crippen MR) is 47.9 cm³/mol. The molecule has 0 bridgehead atoms. The quantitative estimate of drug-likeness (QED) is 0.237. The summed E-state index contributed by atoms with van der Waals surface area (Å²) in [6.45, 7) is 4.67. The van der Waals surface area contributed by atoms with Crippen molar-refractivity contribution in [3.63, 3.8) is 0 Å². The lowest BCUT2D eigenvalue weighted by Crippen LogP contribution is -2.22. The molecule has 0 radical (unpaired) electrons. The van der Waals surface area contributed by atoms with E-state index in [1.54, 1.807) is 6.92 Å². The maximum atomic E-state index is 6.99. The van der Waals surface area contributed by atoms with Gasteiger partial charge in [0.2, 0.25) is 0 Å². The Balaban J connectivity index is 3.48. The predicted octanol–water partition coefficient (Wildman–Crippen LogP) is 0.688. The third-order valence-electron chi connectivity index (χ3n) is 1.28. The Morgan fingerprint density at radius 3 is 2.73 bits per heavy atom. The topological polar surface area (TPSA) is 74.3 Å². The van der Waals surface area contributed by atoms with Crippen LogP contribution in [0.4, 0.5) is 0 Å². The summed E-state index contributed by atoms with van der Waals surface area (Å²) < 4.78 is 0. The Kier molecular flexibility index (Phi) is 5.15. The molecule has 0 saturated carbocycles. The first-order valence-electron chi connectivity index (χ1n) is 3.80. The minimum Gasteiger partial charge on any atom is -0.383 e. The van der Waals surface area contributed by atoms with Crippen LogP contribution in [0.1, 0.15) is 26.7 Å². The van der Waals surface area contributed by atoms with Gasteiger partial charge in [-0.2, -0.15) is 5.10 Å². The second-order valence-corrected chi connectivity index (χ2v) is 2.37. The smallest absolute Gasteiger partial charge is 0.139 e. The van der Waals surface area contributed by atoms with Crippen molar-refractivity contribution in [2.24, 2.45) is 10.8 Å². The van der Waals surface area contributed by atoms with Crippen LogP contribution in [-0.4, -0.2) is 18.1 Å². The zero-order chi connectivity index (χ0) is 8.69. The molecule has 0 atom stereocenters. The largest absolute Gasteiger partial charge is 0.383 e. The van der Waals surface area contributed by atoms with Gasteiger partial charge in [-0.05, 0) is 13.3 Å². The molecule has 4 heteroatoms. The second kappa shape index (κ2) is 5.70. The molecule has 0 aliphatic heterocycles. The second-order valence-electron chi connectivity index (χ2n) is 2.37. The number of hydrogen-bond donors (Lipinski definition) is 3. The van der Waals surface area contributed by atoms with Crippen LogP contribution in [0.2, 0.25) is 0 Å². The van der Waals surface area contributed by atoms with Gasteiger partial charge in [-0.1, -0.05) is 13.3 Å². The molecule has 0 aromatic carbocycles. The van der Waals surface area contributed by atoms with E-state index in [1.165, 1.54) is 0 Å². The van der Waals surface area contributed by atoms with Crippen LogP contribution in [0.5, 0.6) is 0 Å². The van der Waals surface area contributed by atoms with E-state index in [-0.39, 0.29) is 5.84 Å². The molecule has 0 heterocycles. The van der Waals surface area contributed by atoms with Crippen molar-refractivity contribution in [1.29, 1.82) is 5.41 Å². The van der Waals surface area contributed by atoms with Gasteiger partial charge in [-0.15, -0.1) is 0 Å². The molecule has 0 spiro atoms. The molecule has 0 aliphatic carbocycles. The molecular formula is C7H16N4. The standard InChI is InChI=1S/C7H16N4/c1-3-4-5-10-11-6(2)7(8)9/h10H,3-5H2,1-2H3,(H3,8,9)/b11-6+. The first-order valence-corrected chi connectivity index (χ1v) is 3.80. The van der Waals surface area contributed by atoms with E-state index in [0.29, 0.717) is 5.71 Å². The Labute approximate surface area is 67.4 Å². The van der Waals surface area contributed by atoms with Crippen molar-refractivity contribution in [3.8, 4) is 0 Å². The SMILES string of the molecule is CCCCN/N=C(\C)C(=N)N. The van der Waals surface area contributed by atoms with Crippen LogP contribution in [0.15, 0.2) is 5.10 Å². The van der Waals surface area contributed by atoms with Gasteiger partial charge >= 0.3 is 0 Å². The third kappa shape index (κ3) is 5.39. The van der Waals surface area contributed by atoms with Crippen LogP contribution < -0.4 is 11.2 Å². The van der Waals surface area contributed by atoms with Crippen LogP contribution in [0.25, 0.3) is 0 Å². The van der Waals surface area contributed by atoms with Crippen molar-refractivity contribution in [3.05, 3.63) is 0 Å². The van der Waals surface area contributed by atoms with Crippen molar-refractivity contribution >= 4 is 11.5 Å². The molecule has 0 amide bonds. The highest BCUT2D eigenvalue weighted by Gasteiger charge is 1.91. The summed E-state index contributed by atoms with van der Waals surface area (Å²) >= 11 is 0. The number of rotatable bonds is 5. The summed E-state index contributed by atoms with van der Waals surface area (Å²) in [4.78, 5) is 0. The number of amidine groups is 1. The number of hydrazone groups is 1. The fourth-order valence-corrected chi connectivity index (χ4v) is 0.491. The zero-order valence-corrected chi connectivity index (χ0v) is 7.15.